The van der Waals surface area contributed by atoms with Gasteiger partial charge < -0.3 is 4.74 Å². The van der Waals surface area contributed by atoms with Crippen LogP contribution in [0.15, 0.2) is 60.9 Å². The van der Waals surface area contributed by atoms with Crippen molar-refractivity contribution in [2.75, 3.05) is 0 Å². The number of halogens is 3. The van der Waals surface area contributed by atoms with Crippen LogP contribution in [0.25, 0.3) is 16.6 Å². The molecule has 0 aliphatic carbocycles. The first-order valence-electron chi connectivity index (χ1n) is 9.58. The van der Waals surface area contributed by atoms with Gasteiger partial charge in [-0.15, -0.1) is 0 Å². The number of nitrogens with zero attached hydrogens (tertiary/aromatic N) is 3. The molecule has 2 heterocycles. The van der Waals surface area contributed by atoms with Gasteiger partial charge in [-0.05, 0) is 41.8 Å². The van der Waals surface area contributed by atoms with E-state index in [1.54, 1.807) is 29.1 Å². The summed E-state index contributed by atoms with van der Waals surface area (Å²) in [6, 6.07) is 14.8. The number of hydrogen-bond acceptors (Lipinski definition) is 3. The Balaban J connectivity index is 1.83. The fourth-order valence-electron chi connectivity index (χ4n) is 3.54. The Labute approximate surface area is 178 Å². The molecule has 4 aromatic rings. The van der Waals surface area contributed by atoms with Crippen molar-refractivity contribution in [1.82, 2.24) is 14.8 Å². The number of benzene rings is 2. The molecule has 0 aliphatic rings. The molecule has 4 rings (SSSR count). The molecule has 0 aliphatic heterocycles. The van der Waals surface area contributed by atoms with Gasteiger partial charge in [0.15, 0.2) is 0 Å². The van der Waals surface area contributed by atoms with Gasteiger partial charge in [0.1, 0.15) is 5.75 Å². The molecule has 0 saturated carbocycles. The first kappa shape index (κ1) is 20.3. The van der Waals surface area contributed by atoms with E-state index >= 15 is 0 Å². The molecule has 2 aromatic heterocycles. The van der Waals surface area contributed by atoms with Crippen LogP contribution in [-0.4, -0.2) is 21.4 Å². The van der Waals surface area contributed by atoms with Crippen LogP contribution in [0.1, 0.15) is 36.6 Å². The molecule has 0 amide bonds. The van der Waals surface area contributed by atoms with Crippen molar-refractivity contribution in [1.29, 1.82) is 0 Å². The van der Waals surface area contributed by atoms with Crippen LogP contribution >= 0.6 is 11.6 Å². The highest BCUT2D eigenvalue weighted by atomic mass is 35.5. The number of alkyl halides is 2. The molecule has 0 bridgehead atoms. The largest absolute Gasteiger partial charge is 0.434 e. The molecule has 7 heteroatoms. The lowest BCUT2D eigenvalue weighted by Crippen LogP contribution is -2.10. The molecule has 0 atom stereocenters. The quantitative estimate of drug-likeness (QED) is 0.358. The third-order valence-corrected chi connectivity index (χ3v) is 5.19. The van der Waals surface area contributed by atoms with Crippen LogP contribution in [0.3, 0.4) is 0 Å². The summed E-state index contributed by atoms with van der Waals surface area (Å²) in [6.07, 6.45) is 3.98. The van der Waals surface area contributed by atoms with E-state index in [2.05, 4.69) is 5.10 Å². The first-order chi connectivity index (χ1) is 14.4. The van der Waals surface area contributed by atoms with E-state index in [1.807, 2.05) is 50.4 Å². The lowest BCUT2D eigenvalue weighted by Gasteiger charge is -2.20. The Morgan fingerprint density at radius 1 is 1.07 bits per heavy atom. The number of aromatic nitrogens is 3. The van der Waals surface area contributed by atoms with Gasteiger partial charge in [0.2, 0.25) is 0 Å². The second kappa shape index (κ2) is 8.40. The van der Waals surface area contributed by atoms with Crippen molar-refractivity contribution in [3.8, 4) is 11.4 Å². The van der Waals surface area contributed by atoms with Crippen molar-refractivity contribution >= 4 is 22.5 Å². The van der Waals surface area contributed by atoms with Crippen molar-refractivity contribution in [2.24, 2.45) is 0 Å². The van der Waals surface area contributed by atoms with E-state index in [-0.39, 0.29) is 11.7 Å². The summed E-state index contributed by atoms with van der Waals surface area (Å²) in [5, 5.41) is 5.11. The molecule has 0 saturated heterocycles. The van der Waals surface area contributed by atoms with E-state index in [0.717, 1.165) is 11.3 Å². The Morgan fingerprint density at radius 3 is 2.47 bits per heavy atom. The van der Waals surface area contributed by atoms with Crippen LogP contribution in [0.5, 0.6) is 5.75 Å². The maximum Gasteiger partial charge on any atom is 0.387 e. The summed E-state index contributed by atoms with van der Waals surface area (Å²) in [5.74, 6) is 0.140. The number of fused-ring (bicyclic) bond motifs is 1. The lowest BCUT2D eigenvalue weighted by atomic mass is 9.94. The summed E-state index contributed by atoms with van der Waals surface area (Å²) >= 11 is 6.31. The number of para-hydroxylation sites is 1. The minimum Gasteiger partial charge on any atom is -0.434 e. The molecule has 4 nitrogen and oxygen atoms in total. The predicted molar refractivity (Wildman–Crippen MR) is 114 cm³/mol. The molecule has 0 fully saturated rings. The molecule has 0 spiro atoms. The van der Waals surface area contributed by atoms with Crippen LogP contribution < -0.4 is 4.74 Å². The first-order valence-corrected chi connectivity index (χ1v) is 9.96. The Hall–Kier alpha value is -2.99. The lowest BCUT2D eigenvalue weighted by molar-refractivity contribution is -0.0494. The van der Waals surface area contributed by atoms with Crippen molar-refractivity contribution < 1.29 is 13.5 Å². The van der Waals surface area contributed by atoms with E-state index in [4.69, 9.17) is 21.3 Å². The van der Waals surface area contributed by atoms with Crippen LogP contribution in [0.4, 0.5) is 8.78 Å². The minimum absolute atomic E-state index is 0.00374. The van der Waals surface area contributed by atoms with Gasteiger partial charge in [0.05, 0.1) is 21.9 Å². The van der Waals surface area contributed by atoms with Crippen LogP contribution in [0, 0.1) is 0 Å². The molecule has 154 valence electrons. The normalized spacial score (nSPS) is 11.6. The Kier molecular flexibility index (Phi) is 5.68. The van der Waals surface area contributed by atoms with Gasteiger partial charge in [-0.2, -0.15) is 13.9 Å². The second-order valence-corrected chi connectivity index (χ2v) is 7.67. The van der Waals surface area contributed by atoms with Crippen LogP contribution in [0.2, 0.25) is 5.02 Å². The van der Waals surface area contributed by atoms with Gasteiger partial charge in [0.25, 0.3) is 0 Å². The van der Waals surface area contributed by atoms with Gasteiger partial charge >= 0.3 is 6.61 Å². The third-order valence-electron chi connectivity index (χ3n) is 4.89. The maximum absolute atomic E-state index is 13.3. The molecule has 0 radical (unpaired) electrons. The molecule has 30 heavy (non-hydrogen) atoms. The number of pyridine rings is 1. The van der Waals surface area contributed by atoms with Crippen molar-refractivity contribution in [3.05, 3.63) is 82.8 Å². The summed E-state index contributed by atoms with van der Waals surface area (Å²) in [7, 11) is 0. The topological polar surface area (TPSA) is 39.9 Å². The molecule has 0 unspecified atom stereocenters. The fraction of sp³-hybridized carbons (Fsp3) is 0.217. The third kappa shape index (κ3) is 4.00. The van der Waals surface area contributed by atoms with Gasteiger partial charge in [-0.3, -0.25) is 4.98 Å². The van der Waals surface area contributed by atoms with E-state index in [9.17, 15) is 8.78 Å². The number of ether oxygens (including phenoxy) is 1. The highest BCUT2D eigenvalue weighted by Crippen LogP contribution is 2.38. The Morgan fingerprint density at radius 2 is 1.83 bits per heavy atom. The maximum atomic E-state index is 13.3. The summed E-state index contributed by atoms with van der Waals surface area (Å²) < 4.78 is 33.4. The second-order valence-electron chi connectivity index (χ2n) is 7.27. The molecule has 2 aromatic carbocycles. The van der Waals surface area contributed by atoms with Gasteiger partial charge in [-0.25, -0.2) is 4.68 Å². The predicted octanol–water partition coefficient (Wildman–Crippen LogP) is 6.39. The average Bonchev–Trinajstić information content (AvgIpc) is 3.25. The van der Waals surface area contributed by atoms with E-state index < -0.39 is 6.61 Å². The highest BCUT2D eigenvalue weighted by molar-refractivity contribution is 6.35. The van der Waals surface area contributed by atoms with Crippen LogP contribution in [-0.2, 0) is 6.42 Å². The Bertz CT molecular complexity index is 1160. The minimum atomic E-state index is -2.95. The smallest absolute Gasteiger partial charge is 0.387 e. The summed E-state index contributed by atoms with van der Waals surface area (Å²) in [5.41, 5.74) is 3.68. The molecular weight excluding hydrogens is 408 g/mol. The van der Waals surface area contributed by atoms with Crippen molar-refractivity contribution in [3.63, 3.8) is 0 Å². The van der Waals surface area contributed by atoms with E-state index in [1.165, 1.54) is 0 Å². The molecule has 0 N–H and O–H groups in total. The zero-order chi connectivity index (χ0) is 21.3. The standard InChI is InChI=1S/C23H20ClF2N3O/c1-14(2)20-18(13-15-7-9-16(10-8-15)29-12-4-11-27-29)22(30-23(25)26)17-5-3-6-19(24)21(17)28-20/h3-12,14,23H,13H2,1-2H3. The summed E-state index contributed by atoms with van der Waals surface area (Å²) in [4.78, 5) is 4.73. The summed E-state index contributed by atoms with van der Waals surface area (Å²) in [6.45, 7) is 0.999. The zero-order valence-corrected chi connectivity index (χ0v) is 17.3. The van der Waals surface area contributed by atoms with Gasteiger partial charge in [0, 0.05) is 29.8 Å². The monoisotopic (exact) mass is 427 g/mol. The highest BCUT2D eigenvalue weighted by Gasteiger charge is 2.22. The average molecular weight is 428 g/mol. The fourth-order valence-corrected chi connectivity index (χ4v) is 3.76. The van der Waals surface area contributed by atoms with Gasteiger partial charge in [-0.1, -0.05) is 43.6 Å². The van der Waals surface area contributed by atoms with Crippen molar-refractivity contribution in [2.45, 2.75) is 32.8 Å². The number of hydrogen-bond donors (Lipinski definition) is 0. The SMILES string of the molecule is CC(C)c1nc2c(Cl)cccc2c(OC(F)F)c1Cc1ccc(-n2cccn2)cc1. The van der Waals surface area contributed by atoms with E-state index in [0.29, 0.717) is 33.6 Å². The zero-order valence-electron chi connectivity index (χ0n) is 16.5. The number of rotatable bonds is 6. The molecular formula is C23H20ClF2N3O.